The first-order chi connectivity index (χ1) is 9.51. The number of rotatable bonds is 4. The second-order valence-corrected chi connectivity index (χ2v) is 5.16. The van der Waals surface area contributed by atoms with Gasteiger partial charge in [0.25, 0.3) is 0 Å². The minimum Gasteiger partial charge on any atom is -0.456 e. The number of amides is 1. The Hall–Kier alpha value is -1.99. The first-order valence-electron chi connectivity index (χ1n) is 5.79. The molecule has 0 radical (unpaired) electrons. The molecule has 0 aliphatic rings. The van der Waals surface area contributed by atoms with Crippen molar-refractivity contribution in [3.05, 3.63) is 47.2 Å². The summed E-state index contributed by atoms with van der Waals surface area (Å²) in [6, 6.07) is 6.14. The van der Waals surface area contributed by atoms with Crippen LogP contribution in [0.5, 0.6) is 0 Å². The van der Waals surface area contributed by atoms with Gasteiger partial charge in [-0.2, -0.15) is 0 Å². The molecule has 0 saturated carbocycles. The number of hydrogen-bond donors (Lipinski definition) is 3. The van der Waals surface area contributed by atoms with E-state index in [1.807, 2.05) is 5.43 Å². The average Bonchev–Trinajstić information content (AvgIpc) is 2.78. The number of carbonyl (C=O) groups is 1. The van der Waals surface area contributed by atoms with Crippen molar-refractivity contribution in [3.63, 3.8) is 0 Å². The second-order valence-electron chi connectivity index (χ2n) is 4.14. The van der Waals surface area contributed by atoms with Gasteiger partial charge < -0.3 is 10.2 Å². The Balaban J connectivity index is 2.11. The van der Waals surface area contributed by atoms with Crippen LogP contribution in [0.2, 0.25) is 0 Å². The molecule has 0 fully saturated rings. The zero-order valence-electron chi connectivity index (χ0n) is 10.8. The van der Waals surface area contributed by atoms with E-state index in [-0.39, 0.29) is 11.6 Å². The highest BCUT2D eigenvalue weighted by molar-refractivity contribution is 7.98. The van der Waals surface area contributed by atoms with E-state index < -0.39 is 5.91 Å². The van der Waals surface area contributed by atoms with Crippen LogP contribution in [0.1, 0.15) is 21.9 Å². The smallest absolute Gasteiger partial charge is 0.300 e. The number of nitrogens with one attached hydrogen (secondary N) is 1. The van der Waals surface area contributed by atoms with Gasteiger partial charge in [-0.05, 0) is 31.2 Å². The quantitative estimate of drug-likeness (QED) is 0.264. The number of anilines is 1. The van der Waals surface area contributed by atoms with Crippen molar-refractivity contribution >= 4 is 23.4 Å². The van der Waals surface area contributed by atoms with Gasteiger partial charge in [0, 0.05) is 21.9 Å². The summed E-state index contributed by atoms with van der Waals surface area (Å²) in [6.45, 7) is 1.74. The van der Waals surface area contributed by atoms with Crippen LogP contribution < -0.4 is 17.0 Å². The molecule has 0 aliphatic heterocycles. The highest BCUT2D eigenvalue weighted by atomic mass is 32.2. The zero-order chi connectivity index (χ0) is 14.7. The average molecular weight is 295 g/mol. The van der Waals surface area contributed by atoms with Gasteiger partial charge in [-0.15, -0.1) is 11.8 Å². The van der Waals surface area contributed by atoms with Crippen LogP contribution in [0.4, 0.5) is 10.1 Å². The molecule has 0 atom stereocenters. The molecule has 2 aromatic rings. The number of hydrazine groups is 1. The van der Waals surface area contributed by atoms with E-state index in [2.05, 4.69) is 0 Å². The van der Waals surface area contributed by atoms with Crippen LogP contribution in [-0.2, 0) is 5.75 Å². The van der Waals surface area contributed by atoms with E-state index in [9.17, 15) is 9.18 Å². The number of benzene rings is 1. The maximum Gasteiger partial charge on any atom is 0.300 e. The van der Waals surface area contributed by atoms with Gasteiger partial charge in [0.1, 0.15) is 11.6 Å². The normalized spacial score (nSPS) is 10.6. The number of furan rings is 1. The molecule has 2 rings (SSSR count). The molecule has 0 aliphatic carbocycles. The number of carbonyl (C=O) groups excluding carboxylic acids is 1. The van der Waals surface area contributed by atoms with E-state index in [1.54, 1.807) is 25.1 Å². The fraction of sp³-hybridized carbons (Fsp3) is 0.154. The van der Waals surface area contributed by atoms with Crippen LogP contribution in [0.25, 0.3) is 0 Å². The lowest BCUT2D eigenvalue weighted by Gasteiger charge is -2.03. The van der Waals surface area contributed by atoms with Crippen molar-refractivity contribution in [1.29, 1.82) is 0 Å². The Morgan fingerprint density at radius 2 is 2.20 bits per heavy atom. The molecular weight excluding hydrogens is 281 g/mol. The molecule has 0 unspecified atom stereocenters. The molecule has 1 aromatic heterocycles. The molecule has 5 N–H and O–H groups in total. The first kappa shape index (κ1) is 14.4. The molecule has 1 heterocycles. The third-order valence-electron chi connectivity index (χ3n) is 2.71. The van der Waals surface area contributed by atoms with Gasteiger partial charge in [-0.3, -0.25) is 10.2 Å². The van der Waals surface area contributed by atoms with E-state index in [0.717, 1.165) is 5.56 Å². The Kier molecular flexibility index (Phi) is 4.31. The zero-order valence-corrected chi connectivity index (χ0v) is 11.6. The third-order valence-corrected chi connectivity index (χ3v) is 3.81. The maximum absolute atomic E-state index is 13.6. The maximum atomic E-state index is 13.6. The van der Waals surface area contributed by atoms with Gasteiger partial charge in [-0.25, -0.2) is 10.2 Å². The van der Waals surface area contributed by atoms with E-state index in [0.29, 0.717) is 22.1 Å². The molecule has 0 spiro atoms. The summed E-state index contributed by atoms with van der Waals surface area (Å²) in [5, 5.41) is 0. The van der Waals surface area contributed by atoms with Crippen LogP contribution in [0.3, 0.4) is 0 Å². The summed E-state index contributed by atoms with van der Waals surface area (Å²) in [5.74, 6) is 5.40. The number of hydrogen-bond acceptors (Lipinski definition) is 5. The monoisotopic (exact) mass is 295 g/mol. The molecule has 5 nitrogen and oxygen atoms in total. The van der Waals surface area contributed by atoms with Gasteiger partial charge in [-0.1, -0.05) is 0 Å². The van der Waals surface area contributed by atoms with Gasteiger partial charge in [0.15, 0.2) is 5.76 Å². The summed E-state index contributed by atoms with van der Waals surface area (Å²) in [6.07, 6.45) is 0. The SMILES string of the molecule is Cc1oc(C(=O)NN)cc1CSc1ccc(N)cc1F. The van der Waals surface area contributed by atoms with Crippen LogP contribution >= 0.6 is 11.8 Å². The predicted molar refractivity (Wildman–Crippen MR) is 75.5 cm³/mol. The number of nitrogens with two attached hydrogens (primary N) is 2. The highest BCUT2D eigenvalue weighted by Gasteiger charge is 2.14. The van der Waals surface area contributed by atoms with Crippen molar-refractivity contribution in [2.75, 3.05) is 5.73 Å². The number of thioether (sulfide) groups is 1. The number of aryl methyl sites for hydroxylation is 1. The molecule has 0 saturated heterocycles. The van der Waals surface area contributed by atoms with Crippen molar-refractivity contribution in [1.82, 2.24) is 5.43 Å². The largest absolute Gasteiger partial charge is 0.456 e. The fourth-order valence-corrected chi connectivity index (χ4v) is 2.59. The van der Waals surface area contributed by atoms with Crippen LogP contribution in [0, 0.1) is 12.7 Å². The lowest BCUT2D eigenvalue weighted by molar-refractivity contribution is 0.0924. The Morgan fingerprint density at radius 3 is 2.85 bits per heavy atom. The van der Waals surface area contributed by atoms with Gasteiger partial charge >= 0.3 is 5.91 Å². The van der Waals surface area contributed by atoms with Crippen molar-refractivity contribution in [2.45, 2.75) is 17.6 Å². The molecule has 1 amide bonds. The minimum absolute atomic E-state index is 0.137. The standard InChI is InChI=1S/C13H14FN3O2S/c1-7-8(4-11(19-7)13(18)17-16)6-20-12-3-2-9(15)5-10(12)14/h2-5H,6,15-16H2,1H3,(H,17,18). The lowest BCUT2D eigenvalue weighted by atomic mass is 10.3. The second kappa shape index (κ2) is 5.98. The predicted octanol–water partition coefficient (Wildman–Crippen LogP) is 2.21. The van der Waals surface area contributed by atoms with Crippen molar-refractivity contribution in [2.24, 2.45) is 5.84 Å². The molecular formula is C13H14FN3O2S. The molecule has 20 heavy (non-hydrogen) atoms. The molecule has 0 bridgehead atoms. The Morgan fingerprint density at radius 1 is 1.45 bits per heavy atom. The molecule has 1 aromatic carbocycles. The van der Waals surface area contributed by atoms with E-state index in [1.165, 1.54) is 17.8 Å². The summed E-state index contributed by atoms with van der Waals surface area (Å²) in [4.78, 5) is 11.8. The summed E-state index contributed by atoms with van der Waals surface area (Å²) in [7, 11) is 0. The minimum atomic E-state index is -0.497. The summed E-state index contributed by atoms with van der Waals surface area (Å²) < 4.78 is 18.9. The first-order valence-corrected chi connectivity index (χ1v) is 6.78. The summed E-state index contributed by atoms with van der Waals surface area (Å²) >= 11 is 1.30. The Bertz CT molecular complexity index is 643. The number of nitrogen functional groups attached to an aromatic ring is 2. The van der Waals surface area contributed by atoms with Crippen molar-refractivity contribution in [3.8, 4) is 0 Å². The highest BCUT2D eigenvalue weighted by Crippen LogP contribution is 2.29. The van der Waals surface area contributed by atoms with E-state index >= 15 is 0 Å². The fourth-order valence-electron chi connectivity index (χ4n) is 1.64. The summed E-state index contributed by atoms with van der Waals surface area (Å²) in [5.41, 5.74) is 8.68. The van der Waals surface area contributed by atoms with Crippen LogP contribution in [-0.4, -0.2) is 5.91 Å². The lowest BCUT2D eigenvalue weighted by Crippen LogP contribution is -2.29. The van der Waals surface area contributed by atoms with Crippen molar-refractivity contribution < 1.29 is 13.6 Å². The Labute approximate surface area is 119 Å². The third kappa shape index (κ3) is 3.12. The van der Waals surface area contributed by atoms with Gasteiger partial charge in [0.05, 0.1) is 0 Å². The number of halogens is 1. The molecule has 106 valence electrons. The van der Waals surface area contributed by atoms with Crippen LogP contribution in [0.15, 0.2) is 33.6 Å². The molecule has 7 heteroatoms. The topological polar surface area (TPSA) is 94.3 Å². The van der Waals surface area contributed by atoms with Gasteiger partial charge in [0.2, 0.25) is 0 Å². The van der Waals surface area contributed by atoms with E-state index in [4.69, 9.17) is 16.0 Å².